The van der Waals surface area contributed by atoms with E-state index in [9.17, 15) is 23.8 Å². The third kappa shape index (κ3) is 5.67. The fraction of sp³-hybridized carbons (Fsp3) is 0.375. The molecule has 1 amide bonds. The lowest BCUT2D eigenvalue weighted by Crippen LogP contribution is -2.55. The highest BCUT2D eigenvalue weighted by Gasteiger charge is 2.47. The molecule has 0 bridgehead atoms. The van der Waals surface area contributed by atoms with Crippen LogP contribution in [0.15, 0.2) is 41.4 Å². The fourth-order valence-corrected chi connectivity index (χ4v) is 5.78. The van der Waals surface area contributed by atoms with Gasteiger partial charge in [0.05, 0.1) is 18.4 Å². The van der Waals surface area contributed by atoms with Gasteiger partial charge in [-0.1, -0.05) is 40.2 Å². The van der Waals surface area contributed by atoms with Crippen molar-refractivity contribution in [2.75, 3.05) is 27.8 Å². The van der Waals surface area contributed by atoms with Crippen molar-refractivity contribution in [3.05, 3.63) is 63.8 Å². The van der Waals surface area contributed by atoms with Gasteiger partial charge in [0, 0.05) is 36.7 Å². The highest BCUT2D eigenvalue weighted by Crippen LogP contribution is 2.41. The van der Waals surface area contributed by atoms with Gasteiger partial charge in [-0.15, -0.1) is 5.10 Å². The number of carbonyl (C=O) groups is 1. The van der Waals surface area contributed by atoms with E-state index in [-0.39, 0.29) is 17.2 Å². The Morgan fingerprint density at radius 3 is 2.53 bits per heavy atom. The van der Waals surface area contributed by atoms with Gasteiger partial charge in [0.1, 0.15) is 52.1 Å². The number of amides is 1. The summed E-state index contributed by atoms with van der Waals surface area (Å²) in [5.41, 5.74) is -0.259. The van der Waals surface area contributed by atoms with Crippen molar-refractivity contribution in [3.8, 4) is 11.3 Å². The summed E-state index contributed by atoms with van der Waals surface area (Å²) in [6.07, 6.45) is -1.82. The maximum Gasteiger partial charge on any atom is 0.254 e. The van der Waals surface area contributed by atoms with Crippen molar-refractivity contribution in [1.82, 2.24) is 19.9 Å². The largest absolute Gasteiger partial charge is 0.394 e. The van der Waals surface area contributed by atoms with Crippen LogP contribution >= 0.6 is 35.0 Å². The number of nitrogens with zero attached hydrogens (tertiary/aromatic N) is 4. The number of rotatable bonds is 7. The molecule has 2 N–H and O–H groups in total. The number of thioether (sulfide) groups is 1. The molecule has 0 saturated carbocycles. The van der Waals surface area contributed by atoms with Crippen molar-refractivity contribution >= 4 is 40.9 Å². The van der Waals surface area contributed by atoms with Crippen molar-refractivity contribution in [1.29, 1.82) is 0 Å². The molecule has 2 heterocycles. The molecule has 1 aliphatic rings. The molecule has 0 spiro atoms. The number of aliphatic hydroxyl groups is 2. The SMILES string of the molecule is COC1[C@@H](Sc2cc(Cl)ccc2C(=O)N(C)C)OC(CO)[C@H](O)[C@@H]1n1cc(-c2cc(F)c(Cl)c(F)c2)nn1. The van der Waals surface area contributed by atoms with Gasteiger partial charge in [-0.2, -0.15) is 0 Å². The Morgan fingerprint density at radius 1 is 1.24 bits per heavy atom. The van der Waals surface area contributed by atoms with Gasteiger partial charge in [0.2, 0.25) is 0 Å². The number of halogens is 4. The molecule has 1 aliphatic heterocycles. The highest BCUT2D eigenvalue weighted by atomic mass is 35.5. The Kier molecular flexibility index (Phi) is 8.92. The Bertz CT molecular complexity index is 1310. The third-order valence-electron chi connectivity index (χ3n) is 6.02. The summed E-state index contributed by atoms with van der Waals surface area (Å²) in [7, 11) is 4.65. The summed E-state index contributed by atoms with van der Waals surface area (Å²) in [4.78, 5) is 14.7. The van der Waals surface area contributed by atoms with Crippen LogP contribution in [0.3, 0.4) is 0 Å². The highest BCUT2D eigenvalue weighted by molar-refractivity contribution is 8.00. The topological polar surface area (TPSA) is 110 Å². The van der Waals surface area contributed by atoms with E-state index < -0.39 is 53.1 Å². The van der Waals surface area contributed by atoms with Crippen LogP contribution in [0.25, 0.3) is 11.3 Å². The summed E-state index contributed by atoms with van der Waals surface area (Å²) in [6, 6.07) is 5.92. The molecule has 0 radical (unpaired) electrons. The second kappa shape index (κ2) is 11.8. The molecule has 1 fully saturated rings. The van der Waals surface area contributed by atoms with Gasteiger partial charge in [0.15, 0.2) is 0 Å². The molecular weight excluding hydrogens is 565 g/mol. The third-order valence-corrected chi connectivity index (χ3v) is 7.81. The number of benzene rings is 2. The molecule has 14 heteroatoms. The average molecular weight is 589 g/mol. The van der Waals surface area contributed by atoms with Crippen LogP contribution in [0.2, 0.25) is 10.0 Å². The van der Waals surface area contributed by atoms with Gasteiger partial charge in [-0.05, 0) is 30.3 Å². The maximum absolute atomic E-state index is 14.0. The predicted molar refractivity (Wildman–Crippen MR) is 137 cm³/mol. The predicted octanol–water partition coefficient (Wildman–Crippen LogP) is 3.66. The first kappa shape index (κ1) is 28.7. The first-order chi connectivity index (χ1) is 18.0. The first-order valence-electron chi connectivity index (χ1n) is 11.3. The van der Waals surface area contributed by atoms with Gasteiger partial charge in [-0.3, -0.25) is 4.79 Å². The van der Waals surface area contributed by atoms with E-state index in [4.69, 9.17) is 32.7 Å². The van der Waals surface area contributed by atoms with Gasteiger partial charge in [0.25, 0.3) is 5.91 Å². The number of hydrogen-bond donors (Lipinski definition) is 2. The standard InChI is InChI=1S/C24H24Cl2F2N4O5S/c1-31(2)23(35)13-5-4-12(25)8-18(13)38-24-22(36-3)20(21(34)17(10-33)37-24)32-9-16(29-30-32)11-6-14(27)19(26)15(28)7-11/h4-9,17,20-22,24,33-34H,10H2,1-3H3/t17?,20-,21-,22?,24+/m0/s1. The Labute approximate surface area is 231 Å². The molecular formula is C24H24Cl2F2N4O5S. The number of methoxy groups -OCH3 is 1. The minimum Gasteiger partial charge on any atom is -0.394 e. The number of aliphatic hydroxyl groups excluding tert-OH is 2. The normalized spacial score (nSPS) is 23.4. The van der Waals surface area contributed by atoms with Crippen LogP contribution in [-0.4, -0.2) is 87.6 Å². The minimum atomic E-state index is -1.29. The Hall–Kier alpha value is -2.32. The number of ether oxygens (including phenoxy) is 2. The minimum absolute atomic E-state index is 0.0848. The van der Waals surface area contributed by atoms with Crippen LogP contribution in [0.1, 0.15) is 16.4 Å². The quantitative estimate of drug-likeness (QED) is 0.402. The number of carbonyl (C=O) groups excluding carboxylic acids is 1. The van der Waals surface area contributed by atoms with E-state index in [2.05, 4.69) is 10.3 Å². The van der Waals surface area contributed by atoms with Crippen LogP contribution in [0.5, 0.6) is 0 Å². The Morgan fingerprint density at radius 2 is 1.92 bits per heavy atom. The van der Waals surface area contributed by atoms with Crippen LogP contribution in [0.4, 0.5) is 8.78 Å². The van der Waals surface area contributed by atoms with E-state index in [1.807, 2.05) is 0 Å². The molecule has 2 aromatic carbocycles. The van der Waals surface area contributed by atoms with Gasteiger partial charge < -0.3 is 24.6 Å². The summed E-state index contributed by atoms with van der Waals surface area (Å²) < 4.78 is 41.0. The van der Waals surface area contributed by atoms with Crippen LogP contribution < -0.4 is 0 Å². The first-order valence-corrected chi connectivity index (χ1v) is 12.9. The molecule has 204 valence electrons. The lowest BCUT2D eigenvalue weighted by molar-refractivity contribution is -0.186. The number of aromatic nitrogens is 3. The smallest absolute Gasteiger partial charge is 0.254 e. The lowest BCUT2D eigenvalue weighted by Gasteiger charge is -2.43. The van der Waals surface area contributed by atoms with E-state index in [0.717, 1.165) is 23.9 Å². The summed E-state index contributed by atoms with van der Waals surface area (Å²) in [5, 5.41) is 28.8. The van der Waals surface area contributed by atoms with Crippen LogP contribution in [0, 0.1) is 11.6 Å². The van der Waals surface area contributed by atoms with Crippen molar-refractivity contribution < 1.29 is 33.3 Å². The van der Waals surface area contributed by atoms with Crippen LogP contribution in [-0.2, 0) is 9.47 Å². The van der Waals surface area contributed by atoms with Gasteiger partial charge >= 0.3 is 0 Å². The molecule has 9 nitrogen and oxygen atoms in total. The van der Waals surface area contributed by atoms with E-state index in [0.29, 0.717) is 15.5 Å². The molecule has 1 aromatic heterocycles. The molecule has 3 aromatic rings. The molecule has 1 saturated heterocycles. The zero-order valence-electron chi connectivity index (χ0n) is 20.4. The maximum atomic E-state index is 14.0. The lowest BCUT2D eigenvalue weighted by atomic mass is 9.97. The van der Waals surface area contributed by atoms with E-state index in [1.165, 1.54) is 22.9 Å². The zero-order chi connectivity index (χ0) is 27.7. The van der Waals surface area contributed by atoms with E-state index in [1.54, 1.807) is 32.3 Å². The Balaban J connectivity index is 1.71. The second-order valence-electron chi connectivity index (χ2n) is 8.70. The molecule has 0 aliphatic carbocycles. The number of hydrogen-bond acceptors (Lipinski definition) is 8. The zero-order valence-corrected chi connectivity index (χ0v) is 22.7. The van der Waals surface area contributed by atoms with E-state index >= 15 is 0 Å². The summed E-state index contributed by atoms with van der Waals surface area (Å²) >= 11 is 12.9. The monoisotopic (exact) mass is 588 g/mol. The average Bonchev–Trinajstić information content (AvgIpc) is 3.37. The van der Waals surface area contributed by atoms with Crippen molar-refractivity contribution in [2.45, 2.75) is 34.7 Å². The van der Waals surface area contributed by atoms with Crippen molar-refractivity contribution in [3.63, 3.8) is 0 Å². The fourth-order valence-electron chi connectivity index (χ4n) is 4.10. The van der Waals surface area contributed by atoms with Gasteiger partial charge in [-0.25, -0.2) is 13.5 Å². The van der Waals surface area contributed by atoms with Crippen molar-refractivity contribution in [2.24, 2.45) is 0 Å². The molecule has 38 heavy (non-hydrogen) atoms. The molecule has 5 atom stereocenters. The second-order valence-corrected chi connectivity index (χ2v) is 10.7. The summed E-state index contributed by atoms with van der Waals surface area (Å²) in [5.74, 6) is -2.18. The molecule has 2 unspecified atom stereocenters. The molecule has 4 rings (SSSR count). The summed E-state index contributed by atoms with van der Waals surface area (Å²) in [6.45, 7) is -0.528.